The zero-order chi connectivity index (χ0) is 12.4. The van der Waals surface area contributed by atoms with E-state index < -0.39 is 28.5 Å². The predicted molar refractivity (Wildman–Crippen MR) is 51.7 cm³/mol. The third-order valence-electron chi connectivity index (χ3n) is 1.66. The van der Waals surface area contributed by atoms with Crippen molar-refractivity contribution in [3.05, 3.63) is 0 Å². The second-order valence-electron chi connectivity index (χ2n) is 2.49. The molecule has 0 atom stereocenters. The summed E-state index contributed by atoms with van der Waals surface area (Å²) in [6.45, 7) is 0. The Hall–Kier alpha value is 0.104. The molecule has 12 heteroatoms. The highest BCUT2D eigenvalue weighted by atomic mass is 32.3. The predicted octanol–water partition coefficient (Wildman–Crippen LogP) is -1.25. The van der Waals surface area contributed by atoms with Gasteiger partial charge in [0.05, 0.1) is 0 Å². The molecule has 1 rings (SSSR count). The molecule has 0 saturated carbocycles. The largest absolute Gasteiger partial charge is 0.690 e. The zero-order valence-electron chi connectivity index (χ0n) is 9.08. The average molecular weight is 292 g/mol. The second-order valence-corrected chi connectivity index (χ2v) is 9.09. The molecule has 1 aliphatic rings. The lowest BCUT2D eigenvalue weighted by atomic mass is 11.8. The third kappa shape index (κ3) is 2.67. The van der Waals surface area contributed by atoms with Crippen LogP contribution in [0.3, 0.4) is 0 Å². The van der Waals surface area contributed by atoms with Gasteiger partial charge in [-0.1, -0.05) is 0 Å². The fourth-order valence-electron chi connectivity index (χ4n) is 0.924. The molecule has 0 bridgehead atoms. The first kappa shape index (κ1) is 14.2. The maximum absolute atomic E-state index is 11.3. The van der Waals surface area contributed by atoms with E-state index in [0.29, 0.717) is 0 Å². The Labute approximate surface area is 95.4 Å². The van der Waals surface area contributed by atoms with Crippen molar-refractivity contribution in [2.75, 3.05) is 28.4 Å². The molecule has 1 heterocycles. The molecule has 0 aliphatic carbocycles. The first-order valence-electron chi connectivity index (χ1n) is 3.93. The van der Waals surface area contributed by atoms with Crippen molar-refractivity contribution in [1.82, 2.24) is 0 Å². The van der Waals surface area contributed by atoms with Crippen LogP contribution >= 0.6 is 0 Å². The summed E-state index contributed by atoms with van der Waals surface area (Å²) in [6, 6.07) is 0. The minimum absolute atomic E-state index is 1.18. The van der Waals surface area contributed by atoms with Gasteiger partial charge < -0.3 is 21.8 Å². The molecular weight excluding hydrogens is 280 g/mol. The molecule has 0 unspecified atom stereocenters. The van der Waals surface area contributed by atoms with E-state index in [9.17, 15) is 8.42 Å². The summed E-state index contributed by atoms with van der Waals surface area (Å²) < 4.78 is 56.1. The van der Waals surface area contributed by atoms with Gasteiger partial charge in [0.25, 0.3) is 0 Å². The van der Waals surface area contributed by atoms with Gasteiger partial charge in [0.15, 0.2) is 0 Å². The standard InChI is InChI=1S/C4H12O9SSi2/c1-7-15(8-2)11-14(5,6)12-16(9-3,10-4)13-15/h1-4H3. The Bertz CT molecular complexity index is 307. The molecule has 0 spiro atoms. The summed E-state index contributed by atoms with van der Waals surface area (Å²) in [5, 5.41) is 0. The van der Waals surface area contributed by atoms with Gasteiger partial charge >= 0.3 is 28.5 Å². The summed E-state index contributed by atoms with van der Waals surface area (Å²) in [5.41, 5.74) is 0. The van der Waals surface area contributed by atoms with Crippen molar-refractivity contribution in [3.8, 4) is 0 Å². The van der Waals surface area contributed by atoms with Crippen LogP contribution in [0.5, 0.6) is 0 Å². The Morgan fingerprint density at radius 3 is 1.38 bits per heavy atom. The molecule has 0 radical (unpaired) electrons. The van der Waals surface area contributed by atoms with E-state index in [1.54, 1.807) is 0 Å². The summed E-state index contributed by atoms with van der Waals surface area (Å²) in [6.07, 6.45) is 0. The molecule has 1 saturated heterocycles. The smallest absolute Gasteiger partial charge is 0.354 e. The highest BCUT2D eigenvalue weighted by Crippen LogP contribution is 2.29. The lowest BCUT2D eigenvalue weighted by Gasteiger charge is -2.35. The second kappa shape index (κ2) is 4.77. The van der Waals surface area contributed by atoms with Gasteiger partial charge in [-0.2, -0.15) is 8.42 Å². The van der Waals surface area contributed by atoms with Gasteiger partial charge in [-0.15, -0.1) is 0 Å². The topological polar surface area (TPSA) is 98.8 Å². The minimum Gasteiger partial charge on any atom is -0.354 e. The first-order valence-corrected chi connectivity index (χ1v) is 8.53. The van der Waals surface area contributed by atoms with Crippen LogP contribution in [-0.4, -0.2) is 55.0 Å². The molecule has 0 aromatic rings. The van der Waals surface area contributed by atoms with E-state index in [-0.39, 0.29) is 0 Å². The van der Waals surface area contributed by atoms with Crippen molar-refractivity contribution >= 4 is 28.5 Å². The van der Waals surface area contributed by atoms with Crippen LogP contribution < -0.4 is 0 Å². The first-order chi connectivity index (χ1) is 7.36. The number of rotatable bonds is 4. The molecule has 0 aromatic heterocycles. The van der Waals surface area contributed by atoms with Gasteiger partial charge in [0, 0.05) is 28.4 Å². The van der Waals surface area contributed by atoms with Gasteiger partial charge in [-0.3, -0.25) is 0 Å². The van der Waals surface area contributed by atoms with E-state index in [1.807, 2.05) is 0 Å². The van der Waals surface area contributed by atoms with Crippen molar-refractivity contribution in [3.63, 3.8) is 0 Å². The van der Waals surface area contributed by atoms with Gasteiger partial charge in [-0.25, -0.2) is 7.74 Å². The quantitative estimate of drug-likeness (QED) is 0.588. The lowest BCUT2D eigenvalue weighted by Crippen LogP contribution is -2.66. The van der Waals surface area contributed by atoms with E-state index in [1.165, 1.54) is 28.4 Å². The van der Waals surface area contributed by atoms with Crippen LogP contribution in [0.15, 0.2) is 0 Å². The molecule has 0 N–H and O–H groups in total. The van der Waals surface area contributed by atoms with Gasteiger partial charge in [-0.05, 0) is 0 Å². The van der Waals surface area contributed by atoms with Crippen LogP contribution in [0.2, 0.25) is 0 Å². The molecule has 1 aliphatic heterocycles. The molecular formula is C4H12O9SSi2. The molecule has 96 valence electrons. The van der Waals surface area contributed by atoms with E-state index in [2.05, 4.69) is 7.74 Å². The Kier molecular flexibility index (Phi) is 4.22. The molecule has 16 heavy (non-hydrogen) atoms. The normalized spacial score (nSPS) is 26.5. The van der Waals surface area contributed by atoms with Crippen molar-refractivity contribution in [2.45, 2.75) is 0 Å². The van der Waals surface area contributed by atoms with Crippen LogP contribution in [0.1, 0.15) is 0 Å². The van der Waals surface area contributed by atoms with Crippen LogP contribution in [-0.2, 0) is 40.0 Å². The lowest BCUT2D eigenvalue weighted by molar-refractivity contribution is -0.0178. The highest BCUT2D eigenvalue weighted by Gasteiger charge is 2.67. The molecule has 1 fully saturated rings. The van der Waals surface area contributed by atoms with E-state index >= 15 is 0 Å². The monoisotopic (exact) mass is 292 g/mol. The summed E-state index contributed by atoms with van der Waals surface area (Å²) in [7, 11) is -7.31. The average Bonchev–Trinajstić information content (AvgIpc) is 2.26. The van der Waals surface area contributed by atoms with E-state index in [0.717, 1.165) is 0 Å². The van der Waals surface area contributed by atoms with Crippen LogP contribution in [0, 0.1) is 0 Å². The third-order valence-corrected chi connectivity index (χ3v) is 8.92. The fraction of sp³-hybridized carbons (Fsp3) is 1.00. The fourth-order valence-corrected chi connectivity index (χ4v) is 8.23. The number of hydrogen-bond acceptors (Lipinski definition) is 9. The SMILES string of the molecule is CO[Si]1(OC)O[Si](OC)(OC)OS(=O)(=O)O1. The molecule has 0 amide bonds. The Morgan fingerprint density at radius 2 is 1.12 bits per heavy atom. The Balaban J connectivity index is 3.11. The summed E-state index contributed by atoms with van der Waals surface area (Å²) in [4.78, 5) is 0. The van der Waals surface area contributed by atoms with E-state index in [4.69, 9.17) is 21.8 Å². The zero-order valence-corrected chi connectivity index (χ0v) is 11.9. The van der Waals surface area contributed by atoms with Crippen molar-refractivity contribution in [2.24, 2.45) is 0 Å². The maximum Gasteiger partial charge on any atom is 0.690 e. The Morgan fingerprint density at radius 1 is 0.812 bits per heavy atom. The van der Waals surface area contributed by atoms with Crippen molar-refractivity contribution in [1.29, 1.82) is 0 Å². The maximum atomic E-state index is 11.3. The molecule has 9 nitrogen and oxygen atoms in total. The summed E-state index contributed by atoms with van der Waals surface area (Å²) in [5.74, 6) is 0. The van der Waals surface area contributed by atoms with Gasteiger partial charge in [0.1, 0.15) is 0 Å². The van der Waals surface area contributed by atoms with Crippen LogP contribution in [0.25, 0.3) is 0 Å². The van der Waals surface area contributed by atoms with Crippen molar-refractivity contribution < 1.29 is 38.0 Å². The summed E-state index contributed by atoms with van der Waals surface area (Å²) >= 11 is 0. The van der Waals surface area contributed by atoms with Gasteiger partial charge in [0.2, 0.25) is 0 Å². The van der Waals surface area contributed by atoms with Crippen LogP contribution in [0.4, 0.5) is 0 Å². The minimum atomic E-state index is -4.35. The molecule has 0 aromatic carbocycles. The highest BCUT2D eigenvalue weighted by molar-refractivity contribution is 7.84. The number of hydrogen-bond donors (Lipinski definition) is 0.